The van der Waals surface area contributed by atoms with Gasteiger partial charge in [0.05, 0.1) is 5.51 Å². The van der Waals surface area contributed by atoms with Gasteiger partial charge in [-0.05, 0) is 18.1 Å². The molecule has 0 unspecified atom stereocenters. The zero-order valence-corrected chi connectivity index (χ0v) is 11.7. The van der Waals surface area contributed by atoms with Crippen molar-refractivity contribution in [3.05, 3.63) is 46.4 Å². The zero-order valence-electron chi connectivity index (χ0n) is 10.9. The third-order valence-corrected chi connectivity index (χ3v) is 3.43. The number of rotatable bonds is 5. The molecule has 0 fully saturated rings. The van der Waals surface area contributed by atoms with Crippen LogP contribution in [-0.2, 0) is 6.54 Å². The predicted molar refractivity (Wildman–Crippen MR) is 78.0 cm³/mol. The van der Waals surface area contributed by atoms with Crippen LogP contribution in [0.1, 0.15) is 29.4 Å². The maximum Gasteiger partial charge on any atom is 0.273 e. The van der Waals surface area contributed by atoms with E-state index in [0.29, 0.717) is 18.8 Å². The van der Waals surface area contributed by atoms with Crippen molar-refractivity contribution in [1.82, 2.24) is 9.88 Å². The molecule has 1 heterocycles. The van der Waals surface area contributed by atoms with Crippen LogP contribution in [0.15, 0.2) is 35.2 Å². The molecule has 0 aliphatic rings. The van der Waals surface area contributed by atoms with Crippen LogP contribution in [-0.4, -0.2) is 22.3 Å². The van der Waals surface area contributed by atoms with E-state index in [9.17, 15) is 4.79 Å². The summed E-state index contributed by atoms with van der Waals surface area (Å²) in [7, 11) is 0. The van der Waals surface area contributed by atoms with Gasteiger partial charge < -0.3 is 10.6 Å². The molecule has 0 atom stereocenters. The Balaban J connectivity index is 2.17. The fraction of sp³-hybridized carbons (Fsp3) is 0.286. The molecular formula is C14H17N3OS. The second kappa shape index (κ2) is 6.33. The van der Waals surface area contributed by atoms with E-state index in [4.69, 9.17) is 5.73 Å². The Hall–Kier alpha value is -1.88. The maximum absolute atomic E-state index is 12.3. The fourth-order valence-corrected chi connectivity index (χ4v) is 2.41. The van der Waals surface area contributed by atoms with Crippen molar-refractivity contribution in [3.63, 3.8) is 0 Å². The molecule has 0 spiro atoms. The zero-order chi connectivity index (χ0) is 13.7. The van der Waals surface area contributed by atoms with Crippen LogP contribution in [0.5, 0.6) is 0 Å². The van der Waals surface area contributed by atoms with Crippen LogP contribution in [0.2, 0.25) is 0 Å². The van der Waals surface area contributed by atoms with Crippen molar-refractivity contribution in [2.24, 2.45) is 0 Å². The summed E-state index contributed by atoms with van der Waals surface area (Å²) in [6, 6.07) is 7.63. The number of benzene rings is 1. The van der Waals surface area contributed by atoms with E-state index < -0.39 is 0 Å². The summed E-state index contributed by atoms with van der Waals surface area (Å²) in [5.41, 5.74) is 9.80. The lowest BCUT2D eigenvalue weighted by molar-refractivity contribution is 0.0738. The van der Waals surface area contributed by atoms with Crippen LogP contribution in [0.3, 0.4) is 0 Å². The Labute approximate surface area is 116 Å². The van der Waals surface area contributed by atoms with Gasteiger partial charge >= 0.3 is 0 Å². The second-order valence-corrected chi connectivity index (χ2v) is 5.02. The number of nitrogens with zero attached hydrogens (tertiary/aromatic N) is 2. The van der Waals surface area contributed by atoms with Gasteiger partial charge in [-0.3, -0.25) is 4.79 Å². The average molecular weight is 275 g/mol. The molecule has 0 aliphatic heterocycles. The number of thiazole rings is 1. The van der Waals surface area contributed by atoms with E-state index in [1.54, 1.807) is 15.8 Å². The van der Waals surface area contributed by atoms with Gasteiger partial charge in [0, 0.05) is 24.2 Å². The first kappa shape index (κ1) is 13.5. The number of nitrogens with two attached hydrogens (primary N) is 1. The first-order chi connectivity index (χ1) is 9.22. The van der Waals surface area contributed by atoms with E-state index in [0.717, 1.165) is 17.7 Å². The standard InChI is InChI=1S/C14H17N3OS/c1-2-7-17(14(18)13-9-19-10-16-13)8-11-5-3-4-6-12(11)15/h3-6,9-10H,2,7-8,15H2,1H3. The van der Waals surface area contributed by atoms with Gasteiger partial charge in [-0.2, -0.15) is 0 Å². The Morgan fingerprint density at radius 3 is 2.84 bits per heavy atom. The monoisotopic (exact) mass is 275 g/mol. The number of amides is 1. The average Bonchev–Trinajstić information content (AvgIpc) is 2.94. The number of para-hydroxylation sites is 1. The van der Waals surface area contributed by atoms with Gasteiger partial charge in [0.15, 0.2) is 0 Å². The van der Waals surface area contributed by atoms with E-state index in [1.165, 1.54) is 11.3 Å². The molecule has 1 aromatic carbocycles. The minimum atomic E-state index is -0.0358. The van der Waals surface area contributed by atoms with Crippen molar-refractivity contribution >= 4 is 22.9 Å². The smallest absolute Gasteiger partial charge is 0.273 e. The second-order valence-electron chi connectivity index (χ2n) is 4.30. The summed E-state index contributed by atoms with van der Waals surface area (Å²) in [5, 5.41) is 1.78. The number of hydrogen-bond acceptors (Lipinski definition) is 4. The Morgan fingerprint density at radius 1 is 1.42 bits per heavy atom. The molecule has 0 bridgehead atoms. The molecule has 2 aromatic rings. The third kappa shape index (κ3) is 3.32. The van der Waals surface area contributed by atoms with Crippen LogP contribution in [0.4, 0.5) is 5.69 Å². The van der Waals surface area contributed by atoms with Gasteiger partial charge in [-0.25, -0.2) is 4.98 Å². The molecule has 0 saturated carbocycles. The van der Waals surface area contributed by atoms with Crippen molar-refractivity contribution in [2.75, 3.05) is 12.3 Å². The van der Waals surface area contributed by atoms with Crippen molar-refractivity contribution < 1.29 is 4.79 Å². The normalized spacial score (nSPS) is 10.4. The minimum Gasteiger partial charge on any atom is -0.398 e. The molecule has 0 radical (unpaired) electrons. The summed E-state index contributed by atoms with van der Waals surface area (Å²) in [5.74, 6) is -0.0358. The highest BCUT2D eigenvalue weighted by Crippen LogP contribution is 2.16. The maximum atomic E-state index is 12.3. The number of aromatic nitrogens is 1. The summed E-state index contributed by atoms with van der Waals surface area (Å²) < 4.78 is 0. The summed E-state index contributed by atoms with van der Waals surface area (Å²) in [6.07, 6.45) is 0.905. The quantitative estimate of drug-likeness (QED) is 0.854. The molecular weight excluding hydrogens is 258 g/mol. The summed E-state index contributed by atoms with van der Waals surface area (Å²) in [6.45, 7) is 3.28. The lowest BCUT2D eigenvalue weighted by Crippen LogP contribution is -2.31. The van der Waals surface area contributed by atoms with Gasteiger partial charge in [-0.15, -0.1) is 11.3 Å². The number of hydrogen-bond donors (Lipinski definition) is 1. The minimum absolute atomic E-state index is 0.0358. The number of nitrogen functional groups attached to an aromatic ring is 1. The van der Waals surface area contributed by atoms with E-state index in [1.807, 2.05) is 24.3 Å². The lowest BCUT2D eigenvalue weighted by atomic mass is 10.1. The van der Waals surface area contributed by atoms with Crippen molar-refractivity contribution in [3.8, 4) is 0 Å². The SMILES string of the molecule is CCCN(Cc1ccccc1N)C(=O)c1cscn1. The van der Waals surface area contributed by atoms with E-state index in [-0.39, 0.29) is 5.91 Å². The van der Waals surface area contributed by atoms with Gasteiger partial charge in [0.25, 0.3) is 5.91 Å². The van der Waals surface area contributed by atoms with Crippen LogP contribution in [0.25, 0.3) is 0 Å². The Bertz CT molecular complexity index is 539. The van der Waals surface area contributed by atoms with Gasteiger partial charge in [0.2, 0.25) is 0 Å². The van der Waals surface area contributed by atoms with Crippen molar-refractivity contribution in [1.29, 1.82) is 0 Å². The van der Waals surface area contributed by atoms with Crippen LogP contribution < -0.4 is 5.73 Å². The molecule has 100 valence electrons. The Kier molecular flexibility index (Phi) is 4.52. The highest BCUT2D eigenvalue weighted by Gasteiger charge is 2.17. The highest BCUT2D eigenvalue weighted by molar-refractivity contribution is 7.07. The predicted octanol–water partition coefficient (Wildman–Crippen LogP) is 2.78. The molecule has 2 N–H and O–H groups in total. The largest absolute Gasteiger partial charge is 0.398 e. The van der Waals surface area contributed by atoms with Crippen LogP contribution in [0, 0.1) is 0 Å². The Morgan fingerprint density at radius 2 is 2.21 bits per heavy atom. The molecule has 2 rings (SSSR count). The molecule has 19 heavy (non-hydrogen) atoms. The lowest BCUT2D eigenvalue weighted by Gasteiger charge is -2.22. The molecule has 1 amide bonds. The number of carbonyl (C=O) groups is 1. The van der Waals surface area contributed by atoms with Crippen LogP contribution >= 0.6 is 11.3 Å². The topological polar surface area (TPSA) is 59.2 Å². The first-order valence-electron chi connectivity index (χ1n) is 6.23. The third-order valence-electron chi connectivity index (χ3n) is 2.85. The molecule has 5 heteroatoms. The fourth-order valence-electron chi connectivity index (χ4n) is 1.89. The number of anilines is 1. The number of carbonyl (C=O) groups excluding carboxylic acids is 1. The molecule has 4 nitrogen and oxygen atoms in total. The van der Waals surface area contributed by atoms with Crippen molar-refractivity contribution in [2.45, 2.75) is 19.9 Å². The molecule has 0 aliphatic carbocycles. The van der Waals surface area contributed by atoms with Gasteiger partial charge in [-0.1, -0.05) is 25.1 Å². The van der Waals surface area contributed by atoms with E-state index >= 15 is 0 Å². The molecule has 0 saturated heterocycles. The molecule has 1 aromatic heterocycles. The first-order valence-corrected chi connectivity index (χ1v) is 7.17. The summed E-state index contributed by atoms with van der Waals surface area (Å²) >= 11 is 1.43. The van der Waals surface area contributed by atoms with E-state index in [2.05, 4.69) is 11.9 Å². The highest BCUT2D eigenvalue weighted by atomic mass is 32.1. The summed E-state index contributed by atoms with van der Waals surface area (Å²) in [4.78, 5) is 18.2. The van der Waals surface area contributed by atoms with Gasteiger partial charge in [0.1, 0.15) is 5.69 Å².